The van der Waals surface area contributed by atoms with Crippen molar-refractivity contribution >= 4 is 17.3 Å². The third kappa shape index (κ3) is 7.50. The van der Waals surface area contributed by atoms with Crippen molar-refractivity contribution in [2.45, 2.75) is 6.92 Å². The van der Waals surface area contributed by atoms with Crippen molar-refractivity contribution in [3.8, 4) is 0 Å². The Morgan fingerprint density at radius 1 is 1.89 bits per heavy atom. The zero-order chi connectivity index (χ0) is 7.11. The molecule has 51 valence electrons. The molecule has 0 saturated carbocycles. The predicted molar refractivity (Wildman–Crippen MR) is 39.4 cm³/mol. The molecule has 2 nitrogen and oxygen atoms in total. The van der Waals surface area contributed by atoms with Crippen molar-refractivity contribution in [1.29, 1.82) is 0 Å². The van der Waals surface area contributed by atoms with E-state index >= 15 is 0 Å². The smallest absolute Gasteiger partial charge is 0.136 e. The molecule has 1 radical (unpaired) electrons. The standard InChI is InChI=1S/C6H9ClNO/c1-6(2)8-9-5-3-4-7/h3-4H,1,5H2,2H3/b4-3?,8-6+. The summed E-state index contributed by atoms with van der Waals surface area (Å²) in [6, 6.07) is 0. The van der Waals surface area contributed by atoms with Gasteiger partial charge in [0.25, 0.3) is 0 Å². The van der Waals surface area contributed by atoms with Crippen LogP contribution in [-0.2, 0) is 4.84 Å². The number of nitrogens with zero attached hydrogens (tertiary/aromatic N) is 1. The molecule has 0 spiro atoms. The normalized spacial score (nSPS) is 12.6. The Morgan fingerprint density at radius 3 is 3.00 bits per heavy atom. The molecule has 0 aliphatic carbocycles. The van der Waals surface area contributed by atoms with Crippen LogP contribution in [-0.4, -0.2) is 12.3 Å². The maximum Gasteiger partial charge on any atom is 0.136 e. The van der Waals surface area contributed by atoms with Crippen molar-refractivity contribution in [3.63, 3.8) is 0 Å². The van der Waals surface area contributed by atoms with Crippen LogP contribution < -0.4 is 0 Å². The molecular formula is C6H9ClNO. The van der Waals surface area contributed by atoms with Gasteiger partial charge in [0.1, 0.15) is 6.61 Å². The second-order valence-electron chi connectivity index (χ2n) is 1.48. The lowest BCUT2D eigenvalue weighted by Gasteiger charge is -1.91. The third-order valence-corrected chi connectivity index (χ3v) is 0.658. The summed E-state index contributed by atoms with van der Waals surface area (Å²) in [6.45, 7) is 5.66. The average Bonchev–Trinajstić information content (AvgIpc) is 1.80. The number of hydrogen-bond donors (Lipinski definition) is 0. The summed E-state index contributed by atoms with van der Waals surface area (Å²) < 4.78 is 0. The van der Waals surface area contributed by atoms with Crippen LogP contribution in [0.4, 0.5) is 0 Å². The topological polar surface area (TPSA) is 21.6 Å². The first-order chi connectivity index (χ1) is 4.27. The SMILES string of the molecule is [CH2]/C(C)=N\OCC=CCl. The molecule has 0 N–H and O–H groups in total. The van der Waals surface area contributed by atoms with Crippen molar-refractivity contribution in [3.05, 3.63) is 18.5 Å². The molecule has 0 heterocycles. The number of rotatable bonds is 3. The largest absolute Gasteiger partial charge is 0.392 e. The molecule has 0 fully saturated rings. The third-order valence-electron chi connectivity index (χ3n) is 0.480. The van der Waals surface area contributed by atoms with Crippen LogP contribution in [0.5, 0.6) is 0 Å². The number of oxime groups is 1. The lowest BCUT2D eigenvalue weighted by molar-refractivity contribution is 0.175. The summed E-state index contributed by atoms with van der Waals surface area (Å²) in [6.07, 6.45) is 1.65. The summed E-state index contributed by atoms with van der Waals surface area (Å²) >= 11 is 5.19. The van der Waals surface area contributed by atoms with E-state index in [1.54, 1.807) is 13.0 Å². The maximum absolute atomic E-state index is 5.19. The molecule has 0 aromatic rings. The molecule has 0 bridgehead atoms. The van der Waals surface area contributed by atoms with Gasteiger partial charge in [0.05, 0.1) is 5.71 Å². The van der Waals surface area contributed by atoms with Crippen LogP contribution >= 0.6 is 11.6 Å². The Balaban J connectivity index is 3.20. The fourth-order valence-corrected chi connectivity index (χ4v) is 0.300. The quantitative estimate of drug-likeness (QED) is 0.339. The zero-order valence-electron chi connectivity index (χ0n) is 5.30. The minimum Gasteiger partial charge on any atom is -0.392 e. The van der Waals surface area contributed by atoms with Gasteiger partial charge in [-0.15, -0.1) is 0 Å². The molecule has 0 aliphatic heterocycles. The highest BCUT2D eigenvalue weighted by Crippen LogP contribution is 1.82. The van der Waals surface area contributed by atoms with E-state index in [4.69, 9.17) is 11.6 Å². The first kappa shape index (κ1) is 8.50. The Labute approximate surface area is 60.1 Å². The van der Waals surface area contributed by atoms with Crippen LogP contribution in [0.1, 0.15) is 6.92 Å². The van der Waals surface area contributed by atoms with E-state index < -0.39 is 0 Å². The average molecular weight is 147 g/mol. The summed E-state index contributed by atoms with van der Waals surface area (Å²) in [4.78, 5) is 4.69. The Kier molecular flexibility index (Phi) is 5.32. The van der Waals surface area contributed by atoms with Crippen LogP contribution in [0.25, 0.3) is 0 Å². The molecule has 0 aromatic carbocycles. The molecule has 0 saturated heterocycles. The van der Waals surface area contributed by atoms with Crippen LogP contribution in [0.3, 0.4) is 0 Å². The van der Waals surface area contributed by atoms with Gasteiger partial charge in [-0.25, -0.2) is 0 Å². The van der Waals surface area contributed by atoms with Gasteiger partial charge < -0.3 is 4.84 Å². The minimum atomic E-state index is 0.399. The van der Waals surface area contributed by atoms with Gasteiger partial charge >= 0.3 is 0 Å². The fraction of sp³-hybridized carbons (Fsp3) is 0.333. The fourth-order valence-electron chi connectivity index (χ4n) is 0.227. The molecule has 0 rings (SSSR count). The predicted octanol–water partition coefficient (Wildman–Crippen LogP) is 1.97. The van der Waals surface area contributed by atoms with Crippen molar-refractivity contribution in [2.75, 3.05) is 6.61 Å². The highest BCUT2D eigenvalue weighted by atomic mass is 35.5. The highest BCUT2D eigenvalue weighted by molar-refractivity contribution is 6.25. The minimum absolute atomic E-state index is 0.399. The van der Waals surface area contributed by atoms with E-state index in [0.29, 0.717) is 12.3 Å². The molecule has 3 heteroatoms. The van der Waals surface area contributed by atoms with Gasteiger partial charge in [0.2, 0.25) is 0 Å². The first-order valence-corrected chi connectivity index (χ1v) is 2.94. The summed E-state index contributed by atoms with van der Waals surface area (Å²) in [7, 11) is 0. The molecule has 0 aliphatic rings. The Morgan fingerprint density at radius 2 is 2.56 bits per heavy atom. The Bertz CT molecular complexity index is 116. The van der Waals surface area contributed by atoms with Crippen molar-refractivity contribution in [2.24, 2.45) is 5.16 Å². The second-order valence-corrected chi connectivity index (χ2v) is 1.74. The monoisotopic (exact) mass is 146 g/mol. The molecule has 0 unspecified atom stereocenters. The van der Waals surface area contributed by atoms with Crippen molar-refractivity contribution < 1.29 is 4.84 Å². The van der Waals surface area contributed by atoms with E-state index in [2.05, 4.69) is 16.9 Å². The van der Waals surface area contributed by atoms with Gasteiger partial charge in [-0.3, -0.25) is 0 Å². The van der Waals surface area contributed by atoms with Crippen LogP contribution in [0.2, 0.25) is 0 Å². The van der Waals surface area contributed by atoms with E-state index in [-0.39, 0.29) is 0 Å². The lowest BCUT2D eigenvalue weighted by Crippen LogP contribution is -1.86. The van der Waals surface area contributed by atoms with E-state index in [9.17, 15) is 0 Å². The maximum atomic E-state index is 5.19. The van der Waals surface area contributed by atoms with E-state index in [0.717, 1.165) is 0 Å². The van der Waals surface area contributed by atoms with Crippen LogP contribution in [0, 0.1) is 6.92 Å². The molecule has 0 atom stereocenters. The van der Waals surface area contributed by atoms with Gasteiger partial charge in [0, 0.05) is 5.54 Å². The zero-order valence-corrected chi connectivity index (χ0v) is 6.06. The first-order valence-electron chi connectivity index (χ1n) is 2.51. The highest BCUT2D eigenvalue weighted by Gasteiger charge is 1.76. The van der Waals surface area contributed by atoms with E-state index in [1.807, 2.05) is 0 Å². The van der Waals surface area contributed by atoms with Gasteiger partial charge in [-0.2, -0.15) is 0 Å². The summed E-state index contributed by atoms with van der Waals surface area (Å²) in [5, 5.41) is 3.56. The molecular weight excluding hydrogens is 138 g/mol. The Hall–Kier alpha value is -0.500. The van der Waals surface area contributed by atoms with Crippen LogP contribution in [0.15, 0.2) is 16.8 Å². The van der Waals surface area contributed by atoms with Gasteiger partial charge in [-0.05, 0) is 19.9 Å². The number of halogens is 1. The molecule has 0 aromatic heterocycles. The van der Waals surface area contributed by atoms with Gasteiger partial charge in [-0.1, -0.05) is 16.8 Å². The summed E-state index contributed by atoms with van der Waals surface area (Å²) in [5.74, 6) is 0. The lowest BCUT2D eigenvalue weighted by atomic mass is 10.5. The van der Waals surface area contributed by atoms with Crippen molar-refractivity contribution in [1.82, 2.24) is 0 Å². The summed E-state index contributed by atoms with van der Waals surface area (Å²) in [5.41, 5.74) is 2.03. The second kappa shape index (κ2) is 5.63. The van der Waals surface area contributed by atoms with Gasteiger partial charge in [0.15, 0.2) is 0 Å². The molecule has 9 heavy (non-hydrogen) atoms. The number of hydrogen-bond acceptors (Lipinski definition) is 2. The molecule has 0 amide bonds. The van der Waals surface area contributed by atoms with E-state index in [1.165, 1.54) is 5.54 Å².